The SMILES string of the molecule is c1ccc(-c2cnc(-c3ccc(-c4nnc(-c5ccccc5)o4)cc3)o2)cc1. The van der Waals surface area contributed by atoms with Gasteiger partial charge in [-0.25, -0.2) is 4.98 Å². The van der Waals surface area contributed by atoms with Gasteiger partial charge in [0.1, 0.15) is 0 Å². The van der Waals surface area contributed by atoms with Crippen LogP contribution in [-0.4, -0.2) is 15.2 Å². The molecular formula is C23H15N3O2. The van der Waals surface area contributed by atoms with Gasteiger partial charge in [-0.05, 0) is 36.4 Å². The minimum Gasteiger partial charge on any atom is -0.436 e. The minimum atomic E-state index is 0.475. The van der Waals surface area contributed by atoms with Crippen LogP contribution in [0.5, 0.6) is 0 Å². The molecular weight excluding hydrogens is 350 g/mol. The predicted molar refractivity (Wildman–Crippen MR) is 106 cm³/mol. The van der Waals surface area contributed by atoms with E-state index in [9.17, 15) is 0 Å². The third-order valence-electron chi connectivity index (χ3n) is 4.39. The van der Waals surface area contributed by atoms with E-state index in [0.717, 1.165) is 28.0 Å². The first-order valence-corrected chi connectivity index (χ1v) is 8.88. The van der Waals surface area contributed by atoms with Crippen molar-refractivity contribution in [1.82, 2.24) is 15.2 Å². The maximum absolute atomic E-state index is 5.90. The van der Waals surface area contributed by atoms with Crippen LogP contribution in [0.25, 0.3) is 45.7 Å². The van der Waals surface area contributed by atoms with Gasteiger partial charge in [0.15, 0.2) is 5.76 Å². The summed E-state index contributed by atoms with van der Waals surface area (Å²) >= 11 is 0. The number of oxazole rings is 1. The van der Waals surface area contributed by atoms with E-state index >= 15 is 0 Å². The van der Waals surface area contributed by atoms with Crippen molar-refractivity contribution in [2.45, 2.75) is 0 Å². The van der Waals surface area contributed by atoms with Crippen LogP contribution in [0.2, 0.25) is 0 Å². The molecule has 2 aromatic heterocycles. The highest BCUT2D eigenvalue weighted by Gasteiger charge is 2.12. The summed E-state index contributed by atoms with van der Waals surface area (Å²) in [6.07, 6.45) is 1.74. The molecule has 28 heavy (non-hydrogen) atoms. The second-order valence-electron chi connectivity index (χ2n) is 6.25. The molecule has 5 nitrogen and oxygen atoms in total. The Bertz CT molecular complexity index is 1100. The standard InChI is InChI=1S/C23H15N3O2/c1-3-7-16(8-4-1)20-15-24-21(27-20)18-11-13-19(14-12-18)23-26-25-22(28-23)17-9-5-2-6-10-17/h1-15H. The van der Waals surface area contributed by atoms with Gasteiger partial charge in [-0.15, -0.1) is 10.2 Å². The fourth-order valence-electron chi connectivity index (χ4n) is 2.94. The van der Waals surface area contributed by atoms with Crippen LogP contribution >= 0.6 is 0 Å². The van der Waals surface area contributed by atoms with Crippen molar-refractivity contribution in [2.75, 3.05) is 0 Å². The van der Waals surface area contributed by atoms with Crippen LogP contribution in [0.15, 0.2) is 100.0 Å². The lowest BCUT2D eigenvalue weighted by Crippen LogP contribution is -1.80. The van der Waals surface area contributed by atoms with Crippen LogP contribution in [0.3, 0.4) is 0 Å². The molecule has 5 heteroatoms. The summed E-state index contributed by atoms with van der Waals surface area (Å²) in [5.74, 6) is 2.28. The Morgan fingerprint density at radius 1 is 0.464 bits per heavy atom. The lowest BCUT2D eigenvalue weighted by atomic mass is 10.1. The van der Waals surface area contributed by atoms with Crippen molar-refractivity contribution < 1.29 is 8.83 Å². The average molecular weight is 365 g/mol. The van der Waals surface area contributed by atoms with Crippen LogP contribution < -0.4 is 0 Å². The van der Waals surface area contributed by atoms with Gasteiger partial charge in [0.05, 0.1) is 6.20 Å². The number of aromatic nitrogens is 3. The fraction of sp³-hybridized carbons (Fsp3) is 0. The summed E-state index contributed by atoms with van der Waals surface area (Å²) in [7, 11) is 0. The third-order valence-corrected chi connectivity index (χ3v) is 4.39. The first-order valence-electron chi connectivity index (χ1n) is 8.88. The number of hydrogen-bond donors (Lipinski definition) is 0. The highest BCUT2D eigenvalue weighted by molar-refractivity contribution is 5.65. The Labute approximate surface area is 161 Å². The molecule has 0 N–H and O–H groups in total. The van der Waals surface area contributed by atoms with Crippen LogP contribution in [0, 0.1) is 0 Å². The topological polar surface area (TPSA) is 65.0 Å². The first kappa shape index (κ1) is 16.2. The Morgan fingerprint density at radius 3 is 1.57 bits per heavy atom. The molecule has 2 heterocycles. The fourth-order valence-corrected chi connectivity index (χ4v) is 2.94. The van der Waals surface area contributed by atoms with E-state index in [4.69, 9.17) is 8.83 Å². The van der Waals surface area contributed by atoms with Gasteiger partial charge in [0.2, 0.25) is 17.7 Å². The van der Waals surface area contributed by atoms with Crippen molar-refractivity contribution in [3.05, 3.63) is 91.1 Å². The van der Waals surface area contributed by atoms with E-state index in [1.807, 2.05) is 84.9 Å². The molecule has 0 saturated carbocycles. The average Bonchev–Trinajstić information content (AvgIpc) is 3.46. The maximum atomic E-state index is 5.90. The quantitative estimate of drug-likeness (QED) is 0.407. The van der Waals surface area contributed by atoms with Crippen molar-refractivity contribution in [3.8, 4) is 45.7 Å². The molecule has 134 valence electrons. The van der Waals surface area contributed by atoms with E-state index in [-0.39, 0.29) is 0 Å². The Morgan fingerprint density at radius 2 is 0.964 bits per heavy atom. The summed E-state index contributed by atoms with van der Waals surface area (Å²) in [5.41, 5.74) is 3.62. The summed E-state index contributed by atoms with van der Waals surface area (Å²) in [5, 5.41) is 8.29. The lowest BCUT2D eigenvalue weighted by molar-refractivity contribution is 0.584. The van der Waals surface area contributed by atoms with Crippen molar-refractivity contribution in [2.24, 2.45) is 0 Å². The molecule has 0 fully saturated rings. The minimum absolute atomic E-state index is 0.475. The van der Waals surface area contributed by atoms with Gasteiger partial charge in [0, 0.05) is 22.3 Å². The molecule has 0 saturated heterocycles. The summed E-state index contributed by atoms with van der Waals surface area (Å²) in [6.45, 7) is 0. The highest BCUT2D eigenvalue weighted by Crippen LogP contribution is 2.28. The third kappa shape index (κ3) is 3.10. The second-order valence-corrected chi connectivity index (χ2v) is 6.25. The molecule has 0 amide bonds. The number of benzene rings is 3. The number of rotatable bonds is 4. The van der Waals surface area contributed by atoms with Crippen LogP contribution in [-0.2, 0) is 0 Å². The van der Waals surface area contributed by atoms with E-state index < -0.39 is 0 Å². The maximum Gasteiger partial charge on any atom is 0.248 e. The Kier molecular flexibility index (Phi) is 4.03. The van der Waals surface area contributed by atoms with Gasteiger partial charge in [0.25, 0.3) is 0 Å². The zero-order valence-electron chi connectivity index (χ0n) is 14.8. The predicted octanol–water partition coefficient (Wildman–Crippen LogP) is 5.73. The summed E-state index contributed by atoms with van der Waals surface area (Å²) < 4.78 is 11.7. The molecule has 0 spiro atoms. The molecule has 3 aromatic carbocycles. The molecule has 0 radical (unpaired) electrons. The Balaban J connectivity index is 1.40. The molecule has 0 atom stereocenters. The molecule has 0 aliphatic rings. The molecule has 0 aliphatic carbocycles. The lowest BCUT2D eigenvalue weighted by Gasteiger charge is -1.99. The Hall–Kier alpha value is -3.99. The smallest absolute Gasteiger partial charge is 0.248 e. The van der Waals surface area contributed by atoms with Gasteiger partial charge in [-0.1, -0.05) is 48.5 Å². The van der Waals surface area contributed by atoms with Gasteiger partial charge < -0.3 is 8.83 Å². The van der Waals surface area contributed by atoms with Gasteiger partial charge in [-0.3, -0.25) is 0 Å². The summed E-state index contributed by atoms with van der Waals surface area (Å²) in [6, 6.07) is 27.3. The van der Waals surface area contributed by atoms with Crippen molar-refractivity contribution >= 4 is 0 Å². The van der Waals surface area contributed by atoms with E-state index in [2.05, 4.69) is 15.2 Å². The van der Waals surface area contributed by atoms with E-state index in [1.54, 1.807) is 6.20 Å². The second kappa shape index (κ2) is 6.96. The first-order chi connectivity index (χ1) is 13.9. The molecule has 0 aliphatic heterocycles. The van der Waals surface area contributed by atoms with Gasteiger partial charge in [-0.2, -0.15) is 0 Å². The zero-order chi connectivity index (χ0) is 18.8. The van der Waals surface area contributed by atoms with Crippen molar-refractivity contribution in [1.29, 1.82) is 0 Å². The van der Waals surface area contributed by atoms with E-state index in [0.29, 0.717) is 17.7 Å². The highest BCUT2D eigenvalue weighted by atomic mass is 16.4. The normalized spacial score (nSPS) is 10.9. The number of hydrogen-bond acceptors (Lipinski definition) is 5. The van der Waals surface area contributed by atoms with Crippen LogP contribution in [0.1, 0.15) is 0 Å². The molecule has 5 rings (SSSR count). The zero-order valence-corrected chi connectivity index (χ0v) is 14.8. The van der Waals surface area contributed by atoms with Crippen LogP contribution in [0.4, 0.5) is 0 Å². The largest absolute Gasteiger partial charge is 0.436 e. The monoisotopic (exact) mass is 365 g/mol. The summed E-state index contributed by atoms with van der Waals surface area (Å²) in [4.78, 5) is 4.39. The van der Waals surface area contributed by atoms with E-state index in [1.165, 1.54) is 0 Å². The number of nitrogens with zero attached hydrogens (tertiary/aromatic N) is 3. The van der Waals surface area contributed by atoms with Crippen molar-refractivity contribution in [3.63, 3.8) is 0 Å². The molecule has 0 unspecified atom stereocenters. The van der Waals surface area contributed by atoms with Gasteiger partial charge >= 0.3 is 0 Å². The molecule has 5 aromatic rings. The molecule has 0 bridgehead atoms.